The van der Waals surface area contributed by atoms with E-state index in [4.69, 9.17) is 32.7 Å². The van der Waals surface area contributed by atoms with E-state index in [9.17, 15) is 8.42 Å². The Morgan fingerprint density at radius 3 is 2.39 bits per heavy atom. The molecule has 0 saturated carbocycles. The van der Waals surface area contributed by atoms with Gasteiger partial charge < -0.3 is 9.47 Å². The lowest BCUT2D eigenvalue weighted by atomic mass is 10.3. The first-order chi connectivity index (χ1) is 11.0. The van der Waals surface area contributed by atoms with E-state index in [0.29, 0.717) is 35.4 Å². The van der Waals surface area contributed by atoms with Gasteiger partial charge in [-0.1, -0.05) is 23.2 Å². The van der Waals surface area contributed by atoms with Crippen molar-refractivity contribution >= 4 is 38.9 Å². The van der Waals surface area contributed by atoms with Crippen LogP contribution in [0.1, 0.15) is 6.42 Å². The second kappa shape index (κ2) is 6.47. The van der Waals surface area contributed by atoms with Gasteiger partial charge in [-0.3, -0.25) is 4.72 Å². The van der Waals surface area contributed by atoms with E-state index < -0.39 is 10.0 Å². The van der Waals surface area contributed by atoms with E-state index in [2.05, 4.69) is 4.72 Å². The normalized spacial score (nSPS) is 14.2. The molecule has 0 spiro atoms. The highest BCUT2D eigenvalue weighted by atomic mass is 35.5. The van der Waals surface area contributed by atoms with Crippen molar-refractivity contribution in [3.05, 3.63) is 46.4 Å². The Hall–Kier alpha value is -1.63. The average molecular weight is 374 g/mol. The molecular formula is C15H13Cl2NO4S. The van der Waals surface area contributed by atoms with Gasteiger partial charge in [-0.05, 0) is 30.3 Å². The van der Waals surface area contributed by atoms with Gasteiger partial charge in [0.1, 0.15) is 0 Å². The van der Waals surface area contributed by atoms with Crippen molar-refractivity contribution in [2.24, 2.45) is 0 Å². The molecule has 1 heterocycles. The third-order valence-corrected chi connectivity index (χ3v) is 5.32. The SMILES string of the molecule is O=S(=O)(Nc1ccc2c(c1)OCCCO2)c1ccc(Cl)c(Cl)c1. The molecule has 0 atom stereocenters. The first-order valence-corrected chi connectivity index (χ1v) is 9.07. The molecule has 2 aromatic carbocycles. The number of benzene rings is 2. The number of nitrogens with one attached hydrogen (secondary N) is 1. The fraction of sp³-hybridized carbons (Fsp3) is 0.200. The number of ether oxygens (including phenoxy) is 2. The average Bonchev–Trinajstić information content (AvgIpc) is 2.74. The minimum atomic E-state index is -3.78. The van der Waals surface area contributed by atoms with Gasteiger partial charge in [0.25, 0.3) is 10.0 Å². The summed E-state index contributed by atoms with van der Waals surface area (Å²) in [4.78, 5) is 0.0269. The lowest BCUT2D eigenvalue weighted by Crippen LogP contribution is -2.13. The molecule has 5 nitrogen and oxygen atoms in total. The number of hydrogen-bond acceptors (Lipinski definition) is 4. The molecule has 122 valence electrons. The quantitative estimate of drug-likeness (QED) is 0.884. The molecule has 1 aliphatic rings. The number of anilines is 1. The number of fused-ring (bicyclic) bond motifs is 1. The van der Waals surface area contributed by atoms with Crippen LogP contribution in [0.2, 0.25) is 10.0 Å². The third kappa shape index (κ3) is 3.65. The van der Waals surface area contributed by atoms with Crippen molar-refractivity contribution in [2.75, 3.05) is 17.9 Å². The molecule has 0 aromatic heterocycles. The highest BCUT2D eigenvalue weighted by Gasteiger charge is 2.17. The van der Waals surface area contributed by atoms with E-state index >= 15 is 0 Å². The lowest BCUT2D eigenvalue weighted by molar-refractivity contribution is 0.297. The van der Waals surface area contributed by atoms with Crippen molar-refractivity contribution in [1.82, 2.24) is 0 Å². The summed E-state index contributed by atoms with van der Waals surface area (Å²) in [6.07, 6.45) is 0.777. The number of rotatable bonds is 3. The monoisotopic (exact) mass is 373 g/mol. The Kier molecular flexibility index (Phi) is 4.57. The van der Waals surface area contributed by atoms with E-state index in [0.717, 1.165) is 6.42 Å². The number of halogens is 2. The summed E-state index contributed by atoms with van der Waals surface area (Å²) in [5.74, 6) is 1.11. The molecule has 0 amide bonds. The Morgan fingerprint density at radius 1 is 0.913 bits per heavy atom. The van der Waals surface area contributed by atoms with Crippen LogP contribution in [-0.2, 0) is 10.0 Å². The van der Waals surface area contributed by atoms with Gasteiger partial charge in [0.2, 0.25) is 0 Å². The first-order valence-electron chi connectivity index (χ1n) is 6.83. The summed E-state index contributed by atoms with van der Waals surface area (Å²) in [5.41, 5.74) is 0.375. The summed E-state index contributed by atoms with van der Waals surface area (Å²) in [7, 11) is -3.78. The van der Waals surface area contributed by atoms with Crippen molar-refractivity contribution in [1.29, 1.82) is 0 Å². The molecule has 3 rings (SSSR count). The molecule has 8 heteroatoms. The molecule has 0 fully saturated rings. The summed E-state index contributed by atoms with van der Waals surface area (Å²) in [6.45, 7) is 1.09. The van der Waals surface area contributed by atoms with Crippen LogP contribution in [0, 0.1) is 0 Å². The highest BCUT2D eigenvalue weighted by molar-refractivity contribution is 7.92. The van der Waals surface area contributed by atoms with Gasteiger partial charge in [0, 0.05) is 12.5 Å². The maximum absolute atomic E-state index is 12.4. The Labute approximate surface area is 144 Å². The largest absolute Gasteiger partial charge is 0.490 e. The van der Waals surface area contributed by atoms with Crippen LogP contribution in [0.15, 0.2) is 41.3 Å². The summed E-state index contributed by atoms with van der Waals surface area (Å²) in [6, 6.07) is 9.01. The standard InChI is InChI=1S/C15H13Cl2NO4S/c16-12-4-3-11(9-13(12)17)23(19,20)18-10-2-5-14-15(8-10)22-7-1-6-21-14/h2-5,8-9,18H,1,6-7H2. The summed E-state index contributed by atoms with van der Waals surface area (Å²) in [5, 5.41) is 0.467. The van der Waals surface area contributed by atoms with Crippen LogP contribution >= 0.6 is 23.2 Å². The van der Waals surface area contributed by atoms with Gasteiger partial charge in [-0.25, -0.2) is 8.42 Å². The zero-order chi connectivity index (χ0) is 16.4. The molecule has 0 bridgehead atoms. The maximum atomic E-state index is 12.4. The second-order valence-electron chi connectivity index (χ2n) is 4.89. The molecule has 0 unspecified atom stereocenters. The Balaban J connectivity index is 1.88. The van der Waals surface area contributed by atoms with Crippen molar-refractivity contribution < 1.29 is 17.9 Å². The van der Waals surface area contributed by atoms with Crippen LogP contribution in [0.3, 0.4) is 0 Å². The van der Waals surface area contributed by atoms with Crippen LogP contribution < -0.4 is 14.2 Å². The molecule has 2 aromatic rings. The summed E-state index contributed by atoms with van der Waals surface area (Å²) >= 11 is 11.7. The van der Waals surface area contributed by atoms with Crippen molar-refractivity contribution in [2.45, 2.75) is 11.3 Å². The van der Waals surface area contributed by atoms with E-state index in [1.165, 1.54) is 18.2 Å². The van der Waals surface area contributed by atoms with E-state index in [1.54, 1.807) is 18.2 Å². The molecule has 23 heavy (non-hydrogen) atoms. The third-order valence-electron chi connectivity index (χ3n) is 3.20. The fourth-order valence-corrected chi connectivity index (χ4v) is 3.52. The van der Waals surface area contributed by atoms with Gasteiger partial charge in [-0.2, -0.15) is 0 Å². The fourth-order valence-electron chi connectivity index (χ4n) is 2.08. The maximum Gasteiger partial charge on any atom is 0.261 e. The summed E-state index contributed by atoms with van der Waals surface area (Å²) < 4.78 is 38.4. The van der Waals surface area contributed by atoms with Crippen LogP contribution in [0.25, 0.3) is 0 Å². The molecule has 0 saturated heterocycles. The van der Waals surface area contributed by atoms with Crippen molar-refractivity contribution in [3.63, 3.8) is 0 Å². The lowest BCUT2D eigenvalue weighted by Gasteiger charge is -2.12. The highest BCUT2D eigenvalue weighted by Crippen LogP contribution is 2.33. The molecule has 0 aliphatic carbocycles. The zero-order valence-electron chi connectivity index (χ0n) is 11.9. The predicted molar refractivity (Wildman–Crippen MR) is 89.3 cm³/mol. The van der Waals surface area contributed by atoms with Gasteiger partial charge in [0.15, 0.2) is 11.5 Å². The number of sulfonamides is 1. The molecule has 1 N–H and O–H groups in total. The second-order valence-corrected chi connectivity index (χ2v) is 7.39. The first kappa shape index (κ1) is 16.2. The van der Waals surface area contributed by atoms with Crippen LogP contribution in [0.4, 0.5) is 5.69 Å². The minimum Gasteiger partial charge on any atom is -0.490 e. The number of hydrogen-bond donors (Lipinski definition) is 1. The van der Waals surface area contributed by atoms with Gasteiger partial charge in [-0.15, -0.1) is 0 Å². The minimum absolute atomic E-state index is 0.0269. The molecule has 0 radical (unpaired) electrons. The molecular weight excluding hydrogens is 361 g/mol. The topological polar surface area (TPSA) is 64.6 Å². The molecule has 1 aliphatic heterocycles. The zero-order valence-corrected chi connectivity index (χ0v) is 14.2. The van der Waals surface area contributed by atoms with E-state index in [1.807, 2.05) is 0 Å². The Morgan fingerprint density at radius 2 is 1.65 bits per heavy atom. The van der Waals surface area contributed by atoms with Crippen LogP contribution in [-0.4, -0.2) is 21.6 Å². The van der Waals surface area contributed by atoms with Crippen LogP contribution in [0.5, 0.6) is 11.5 Å². The Bertz CT molecular complexity index is 839. The van der Waals surface area contributed by atoms with E-state index in [-0.39, 0.29) is 9.92 Å². The van der Waals surface area contributed by atoms with Gasteiger partial charge >= 0.3 is 0 Å². The predicted octanol–water partition coefficient (Wildman–Crippen LogP) is 3.96. The smallest absolute Gasteiger partial charge is 0.261 e. The van der Waals surface area contributed by atoms with Crippen molar-refractivity contribution in [3.8, 4) is 11.5 Å². The van der Waals surface area contributed by atoms with Gasteiger partial charge in [0.05, 0.1) is 33.8 Å².